The van der Waals surface area contributed by atoms with Gasteiger partial charge in [-0.2, -0.15) is 0 Å². The third-order valence-electron chi connectivity index (χ3n) is 2.46. The van der Waals surface area contributed by atoms with Gasteiger partial charge in [0.25, 0.3) is 0 Å². The summed E-state index contributed by atoms with van der Waals surface area (Å²) in [7, 11) is 0. The van der Waals surface area contributed by atoms with Crippen LogP contribution < -0.4 is 4.90 Å². The van der Waals surface area contributed by atoms with E-state index in [9.17, 15) is 0 Å². The second-order valence-electron chi connectivity index (χ2n) is 4.37. The molecule has 2 rings (SSSR count). The lowest BCUT2D eigenvalue weighted by molar-refractivity contribution is -0.0277. The first-order valence-electron chi connectivity index (χ1n) is 5.12. The summed E-state index contributed by atoms with van der Waals surface area (Å²) in [5.74, 6) is 0.421. The zero-order valence-corrected chi connectivity index (χ0v) is 11.6. The summed E-state index contributed by atoms with van der Waals surface area (Å²) in [5, 5.41) is 1.47. The zero-order chi connectivity index (χ0) is 11.8. The molecule has 3 nitrogen and oxygen atoms in total. The summed E-state index contributed by atoms with van der Waals surface area (Å²) in [6.07, 6.45) is 0. The number of hydrogen-bond acceptors (Lipinski definition) is 4. The Morgan fingerprint density at radius 3 is 2.88 bits per heavy atom. The Balaban J connectivity index is 2.17. The number of morpholine rings is 1. The van der Waals surface area contributed by atoms with E-state index in [0.717, 1.165) is 29.7 Å². The van der Waals surface area contributed by atoms with Gasteiger partial charge < -0.3 is 9.64 Å². The van der Waals surface area contributed by atoms with Crippen molar-refractivity contribution in [1.29, 1.82) is 0 Å². The molecule has 1 aromatic heterocycles. The van der Waals surface area contributed by atoms with Gasteiger partial charge in [-0.1, -0.05) is 22.9 Å². The monoisotopic (exact) mass is 280 g/mol. The highest BCUT2D eigenvalue weighted by molar-refractivity contribution is 7.16. The largest absolute Gasteiger partial charge is 0.372 e. The van der Waals surface area contributed by atoms with Gasteiger partial charge in [0.2, 0.25) is 0 Å². The first-order chi connectivity index (χ1) is 7.52. The molecule has 16 heavy (non-hydrogen) atoms. The third kappa shape index (κ3) is 2.62. The molecule has 1 fully saturated rings. The molecule has 0 saturated carbocycles. The van der Waals surface area contributed by atoms with Crippen molar-refractivity contribution in [1.82, 2.24) is 4.98 Å². The summed E-state index contributed by atoms with van der Waals surface area (Å²) >= 11 is 13.3. The molecule has 0 amide bonds. The molecular weight excluding hydrogens is 267 g/mol. The SMILES string of the molecule is CC1(C)CN(c2nc(Cl)c(CCl)s2)CCO1. The van der Waals surface area contributed by atoms with Crippen LogP contribution in [-0.2, 0) is 10.6 Å². The Hall–Kier alpha value is -0.0300. The van der Waals surface area contributed by atoms with Gasteiger partial charge in [-0.05, 0) is 13.8 Å². The van der Waals surface area contributed by atoms with E-state index < -0.39 is 0 Å². The molecular formula is C10H14Cl2N2OS. The summed E-state index contributed by atoms with van der Waals surface area (Å²) in [6.45, 7) is 6.57. The molecule has 0 bridgehead atoms. The molecule has 0 spiro atoms. The normalized spacial score (nSPS) is 20.1. The van der Waals surface area contributed by atoms with Crippen LogP contribution in [0, 0.1) is 0 Å². The molecule has 6 heteroatoms. The highest BCUT2D eigenvalue weighted by atomic mass is 35.5. The first kappa shape index (κ1) is 12.4. The lowest BCUT2D eigenvalue weighted by Crippen LogP contribution is -2.48. The molecule has 1 aliphatic heterocycles. The Labute approximate surface area is 109 Å². The van der Waals surface area contributed by atoms with Crippen LogP contribution in [-0.4, -0.2) is 30.3 Å². The lowest BCUT2D eigenvalue weighted by Gasteiger charge is -2.37. The van der Waals surface area contributed by atoms with Crippen LogP contribution in [0.2, 0.25) is 5.15 Å². The Morgan fingerprint density at radius 2 is 2.31 bits per heavy atom. The predicted octanol–water partition coefficient (Wildman–Crippen LogP) is 3.15. The number of alkyl halides is 1. The van der Waals surface area contributed by atoms with Crippen molar-refractivity contribution in [3.05, 3.63) is 10.0 Å². The number of aromatic nitrogens is 1. The smallest absolute Gasteiger partial charge is 0.187 e. The van der Waals surface area contributed by atoms with Crippen molar-refractivity contribution in [3.8, 4) is 0 Å². The minimum absolute atomic E-state index is 0.127. The van der Waals surface area contributed by atoms with E-state index in [0.29, 0.717) is 11.0 Å². The molecule has 0 radical (unpaired) electrons. The number of nitrogens with zero attached hydrogens (tertiary/aromatic N) is 2. The highest BCUT2D eigenvalue weighted by Crippen LogP contribution is 2.32. The van der Waals surface area contributed by atoms with Gasteiger partial charge >= 0.3 is 0 Å². The van der Waals surface area contributed by atoms with Crippen LogP contribution >= 0.6 is 34.5 Å². The second-order valence-corrected chi connectivity index (χ2v) is 6.06. The maximum absolute atomic E-state index is 5.99. The van der Waals surface area contributed by atoms with Gasteiger partial charge in [0.15, 0.2) is 5.13 Å². The first-order valence-corrected chi connectivity index (χ1v) is 6.85. The average Bonchev–Trinajstić information content (AvgIpc) is 2.58. The topological polar surface area (TPSA) is 25.4 Å². The van der Waals surface area contributed by atoms with E-state index in [2.05, 4.69) is 23.7 Å². The fourth-order valence-corrected chi connectivity index (χ4v) is 3.22. The van der Waals surface area contributed by atoms with Crippen molar-refractivity contribution in [2.75, 3.05) is 24.6 Å². The quantitative estimate of drug-likeness (QED) is 0.779. The number of halogens is 2. The van der Waals surface area contributed by atoms with E-state index in [1.165, 1.54) is 0 Å². The van der Waals surface area contributed by atoms with Gasteiger partial charge in [-0.25, -0.2) is 4.98 Å². The van der Waals surface area contributed by atoms with Crippen LogP contribution in [0.5, 0.6) is 0 Å². The van der Waals surface area contributed by atoms with E-state index in [1.54, 1.807) is 11.3 Å². The van der Waals surface area contributed by atoms with Crippen LogP contribution in [0.3, 0.4) is 0 Å². The number of ether oxygens (including phenoxy) is 1. The van der Waals surface area contributed by atoms with Gasteiger partial charge in [0, 0.05) is 13.1 Å². The van der Waals surface area contributed by atoms with E-state index >= 15 is 0 Å². The molecule has 0 N–H and O–H groups in total. The molecule has 90 valence electrons. The van der Waals surface area contributed by atoms with Crippen molar-refractivity contribution in [2.24, 2.45) is 0 Å². The molecule has 0 unspecified atom stereocenters. The van der Waals surface area contributed by atoms with Crippen LogP contribution in [0.4, 0.5) is 5.13 Å². The molecule has 0 aromatic carbocycles. The third-order valence-corrected chi connectivity index (χ3v) is 4.42. The fraction of sp³-hybridized carbons (Fsp3) is 0.700. The maximum atomic E-state index is 5.99. The van der Waals surface area contributed by atoms with Crippen LogP contribution in [0.15, 0.2) is 0 Å². The summed E-state index contributed by atoms with van der Waals surface area (Å²) in [5.41, 5.74) is -0.127. The van der Waals surface area contributed by atoms with Crippen molar-refractivity contribution in [3.63, 3.8) is 0 Å². The van der Waals surface area contributed by atoms with Crippen LogP contribution in [0.25, 0.3) is 0 Å². The molecule has 2 heterocycles. The summed E-state index contributed by atoms with van der Waals surface area (Å²) in [6, 6.07) is 0. The zero-order valence-electron chi connectivity index (χ0n) is 9.30. The van der Waals surface area contributed by atoms with Crippen molar-refractivity contribution in [2.45, 2.75) is 25.3 Å². The van der Waals surface area contributed by atoms with Crippen LogP contribution in [0.1, 0.15) is 18.7 Å². The van der Waals surface area contributed by atoms with E-state index in [1.807, 2.05) is 0 Å². The van der Waals surface area contributed by atoms with Gasteiger partial charge in [0.05, 0.1) is 23.0 Å². The van der Waals surface area contributed by atoms with Crippen molar-refractivity contribution < 1.29 is 4.74 Å². The maximum Gasteiger partial charge on any atom is 0.187 e. The highest BCUT2D eigenvalue weighted by Gasteiger charge is 2.29. The second kappa shape index (κ2) is 4.69. The van der Waals surface area contributed by atoms with Gasteiger partial charge in [-0.15, -0.1) is 11.6 Å². The fourth-order valence-electron chi connectivity index (χ4n) is 1.72. The Kier molecular flexibility index (Phi) is 3.64. The summed E-state index contributed by atoms with van der Waals surface area (Å²) < 4.78 is 5.66. The minimum atomic E-state index is -0.127. The van der Waals surface area contributed by atoms with Gasteiger partial charge in [-0.3, -0.25) is 0 Å². The standard InChI is InChI=1S/C10H14Cl2N2OS/c1-10(2)6-14(3-4-15-10)9-13-8(12)7(5-11)16-9/h3-6H2,1-2H3. The molecule has 1 saturated heterocycles. The van der Waals surface area contributed by atoms with E-state index in [4.69, 9.17) is 27.9 Å². The van der Waals surface area contributed by atoms with Crippen molar-refractivity contribution >= 4 is 39.7 Å². The minimum Gasteiger partial charge on any atom is -0.372 e. The Morgan fingerprint density at radius 1 is 1.56 bits per heavy atom. The van der Waals surface area contributed by atoms with E-state index in [-0.39, 0.29) is 5.60 Å². The van der Waals surface area contributed by atoms with Gasteiger partial charge in [0.1, 0.15) is 5.15 Å². The molecule has 0 atom stereocenters. The number of rotatable bonds is 2. The molecule has 1 aliphatic rings. The lowest BCUT2D eigenvalue weighted by atomic mass is 10.1. The average molecular weight is 281 g/mol. The molecule has 1 aromatic rings. The number of hydrogen-bond donors (Lipinski definition) is 0. The Bertz CT molecular complexity index is 381. The predicted molar refractivity (Wildman–Crippen MR) is 68.9 cm³/mol. The number of thiazole rings is 1. The summed E-state index contributed by atoms with van der Waals surface area (Å²) in [4.78, 5) is 7.48. The number of anilines is 1. The molecule has 0 aliphatic carbocycles.